The van der Waals surface area contributed by atoms with Crippen molar-refractivity contribution in [3.05, 3.63) is 93.0 Å². The van der Waals surface area contributed by atoms with Crippen LogP contribution in [-0.4, -0.2) is 43.2 Å². The van der Waals surface area contributed by atoms with E-state index in [4.69, 9.17) is 13.9 Å². The lowest BCUT2D eigenvalue weighted by atomic mass is 9.74. The first-order chi connectivity index (χ1) is 19.8. The number of carbonyl (C=O) groups is 2. The molecule has 2 aliphatic rings. The van der Waals surface area contributed by atoms with E-state index >= 15 is 0 Å². The molecule has 1 aromatic heterocycles. The van der Waals surface area contributed by atoms with Gasteiger partial charge in [-0.15, -0.1) is 0 Å². The van der Waals surface area contributed by atoms with Crippen molar-refractivity contribution < 1.29 is 28.4 Å². The highest BCUT2D eigenvalue weighted by Crippen LogP contribution is 2.45. The predicted octanol–water partition coefficient (Wildman–Crippen LogP) is 4.61. The maximum atomic E-state index is 13.9. The van der Waals surface area contributed by atoms with E-state index in [0.717, 1.165) is 0 Å². The molecule has 0 saturated heterocycles. The minimum absolute atomic E-state index is 0.132. The van der Waals surface area contributed by atoms with E-state index in [1.807, 2.05) is 25.1 Å². The molecule has 210 valence electrons. The fourth-order valence-corrected chi connectivity index (χ4v) is 5.25. The second-order valence-corrected chi connectivity index (χ2v) is 9.45. The lowest BCUT2D eigenvalue weighted by Gasteiger charge is -2.33. The normalized spacial score (nSPS) is 19.0. The SMILES string of the molecule is CCNC(=O)C1=C(C)NC2=N/C(=C/c3ccc(-c4ccc(OC)cc4[N+](=O)[O-])o3)C(=O)C2C1c1ccccc1OC. The number of fused-ring (bicyclic) bond motifs is 1. The molecule has 2 atom stereocenters. The highest BCUT2D eigenvalue weighted by atomic mass is 16.6. The van der Waals surface area contributed by atoms with Gasteiger partial charge in [-0.25, -0.2) is 4.99 Å². The van der Waals surface area contributed by atoms with Crippen LogP contribution in [0.2, 0.25) is 0 Å². The van der Waals surface area contributed by atoms with Gasteiger partial charge in [-0.3, -0.25) is 19.7 Å². The molecule has 0 radical (unpaired) electrons. The van der Waals surface area contributed by atoms with Gasteiger partial charge in [0.05, 0.1) is 36.7 Å². The molecule has 3 aromatic rings. The number of amides is 1. The summed E-state index contributed by atoms with van der Waals surface area (Å²) in [6, 6.07) is 15.0. The molecule has 5 rings (SSSR count). The standard InChI is InChI=1S/C30H28N4O7/c1-5-31-30(36)25-16(2)32-29-27(26(25)20-8-6-7-9-23(20)40-4)28(35)21(33-29)14-18-11-13-24(41-18)19-12-10-17(39-3)15-22(19)34(37)38/h6-15,26-27H,5H2,1-4H3,(H,31,36)(H,32,33)/b21-14+. The monoisotopic (exact) mass is 556 g/mol. The Morgan fingerprint density at radius 2 is 1.93 bits per heavy atom. The zero-order chi connectivity index (χ0) is 29.3. The van der Waals surface area contributed by atoms with Crippen molar-refractivity contribution in [1.29, 1.82) is 0 Å². The number of allylic oxidation sites excluding steroid dienone is 2. The molecule has 0 bridgehead atoms. The molecule has 2 aliphatic heterocycles. The van der Waals surface area contributed by atoms with Crippen LogP contribution in [0, 0.1) is 16.0 Å². The molecule has 11 nitrogen and oxygen atoms in total. The molecule has 0 spiro atoms. The van der Waals surface area contributed by atoms with Crippen LogP contribution in [0.15, 0.2) is 81.0 Å². The number of methoxy groups -OCH3 is 2. The highest BCUT2D eigenvalue weighted by molar-refractivity contribution is 6.22. The zero-order valence-corrected chi connectivity index (χ0v) is 22.9. The number of nitro benzene ring substituents is 1. The number of aliphatic imine (C=N–C) groups is 1. The molecule has 0 aliphatic carbocycles. The first kappa shape index (κ1) is 27.4. The summed E-state index contributed by atoms with van der Waals surface area (Å²) >= 11 is 0. The predicted molar refractivity (Wildman–Crippen MR) is 152 cm³/mol. The van der Waals surface area contributed by atoms with Crippen molar-refractivity contribution in [1.82, 2.24) is 10.6 Å². The summed E-state index contributed by atoms with van der Waals surface area (Å²) in [6.45, 7) is 4.03. The van der Waals surface area contributed by atoms with Crippen molar-refractivity contribution in [3.63, 3.8) is 0 Å². The molecule has 2 unspecified atom stereocenters. The van der Waals surface area contributed by atoms with Gasteiger partial charge in [-0.2, -0.15) is 0 Å². The van der Waals surface area contributed by atoms with Crippen LogP contribution in [0.25, 0.3) is 17.4 Å². The molecule has 0 saturated carbocycles. The number of ether oxygens (including phenoxy) is 2. The van der Waals surface area contributed by atoms with Crippen LogP contribution in [0.5, 0.6) is 11.5 Å². The summed E-state index contributed by atoms with van der Waals surface area (Å²) in [5, 5.41) is 17.7. The summed E-state index contributed by atoms with van der Waals surface area (Å²) in [4.78, 5) is 42.8. The number of ketones is 1. The lowest BCUT2D eigenvalue weighted by Crippen LogP contribution is -2.44. The molecular formula is C30H28N4O7. The second-order valence-electron chi connectivity index (χ2n) is 9.45. The van der Waals surface area contributed by atoms with Gasteiger partial charge in [0.1, 0.15) is 34.6 Å². The van der Waals surface area contributed by atoms with E-state index in [1.165, 1.54) is 19.3 Å². The average molecular weight is 557 g/mol. The van der Waals surface area contributed by atoms with Gasteiger partial charge in [0.2, 0.25) is 5.91 Å². The number of Topliss-reactive ketones (excluding diaryl/α,β-unsaturated/α-hetero) is 1. The molecule has 41 heavy (non-hydrogen) atoms. The summed E-state index contributed by atoms with van der Waals surface area (Å²) in [7, 11) is 2.97. The third kappa shape index (κ3) is 4.97. The third-order valence-corrected chi connectivity index (χ3v) is 7.06. The van der Waals surface area contributed by atoms with Gasteiger partial charge in [-0.05, 0) is 44.2 Å². The van der Waals surface area contributed by atoms with Crippen LogP contribution in [0.3, 0.4) is 0 Å². The highest BCUT2D eigenvalue weighted by Gasteiger charge is 2.48. The van der Waals surface area contributed by atoms with Gasteiger partial charge in [-0.1, -0.05) is 18.2 Å². The molecule has 0 fully saturated rings. The number of hydrogen-bond acceptors (Lipinski definition) is 9. The number of nitrogens with zero attached hydrogens (tertiary/aromatic N) is 2. The average Bonchev–Trinajstić information content (AvgIpc) is 3.56. The van der Waals surface area contributed by atoms with Gasteiger partial charge in [0.15, 0.2) is 5.78 Å². The van der Waals surface area contributed by atoms with Gasteiger partial charge < -0.3 is 24.5 Å². The second kappa shape index (κ2) is 11.1. The minimum atomic E-state index is -0.795. The Hall–Kier alpha value is -5.19. The summed E-state index contributed by atoms with van der Waals surface area (Å²) in [5.74, 6) is -0.170. The summed E-state index contributed by atoms with van der Waals surface area (Å²) in [5.41, 5.74) is 1.93. The fourth-order valence-electron chi connectivity index (χ4n) is 5.25. The number of benzene rings is 2. The Morgan fingerprint density at radius 3 is 2.63 bits per heavy atom. The fraction of sp³-hybridized carbons (Fsp3) is 0.233. The quantitative estimate of drug-likeness (QED) is 0.232. The molecule has 2 N–H and O–H groups in total. The number of amidine groups is 1. The minimum Gasteiger partial charge on any atom is -0.497 e. The summed E-state index contributed by atoms with van der Waals surface area (Å²) in [6.07, 6.45) is 1.49. The number of furan rings is 1. The Labute approximate surface area is 235 Å². The molecule has 2 aromatic carbocycles. The van der Waals surface area contributed by atoms with E-state index in [2.05, 4.69) is 15.6 Å². The van der Waals surface area contributed by atoms with E-state index in [1.54, 1.807) is 44.4 Å². The van der Waals surface area contributed by atoms with Gasteiger partial charge >= 0.3 is 0 Å². The zero-order valence-electron chi connectivity index (χ0n) is 22.9. The Balaban J connectivity index is 1.54. The first-order valence-electron chi connectivity index (χ1n) is 12.9. The van der Waals surface area contributed by atoms with Crippen molar-refractivity contribution in [3.8, 4) is 22.8 Å². The van der Waals surface area contributed by atoms with Crippen LogP contribution < -0.4 is 20.1 Å². The van der Waals surface area contributed by atoms with Crippen molar-refractivity contribution in [2.45, 2.75) is 19.8 Å². The molecule has 3 heterocycles. The number of para-hydroxylation sites is 1. The Kier molecular flexibility index (Phi) is 7.43. The van der Waals surface area contributed by atoms with E-state index < -0.39 is 16.8 Å². The topological polar surface area (TPSA) is 145 Å². The maximum Gasteiger partial charge on any atom is 0.284 e. The van der Waals surface area contributed by atoms with Crippen LogP contribution in [-0.2, 0) is 9.59 Å². The largest absolute Gasteiger partial charge is 0.497 e. The third-order valence-electron chi connectivity index (χ3n) is 7.06. The van der Waals surface area contributed by atoms with Gasteiger partial charge in [0.25, 0.3) is 5.69 Å². The molecule has 1 amide bonds. The number of carbonyl (C=O) groups excluding carboxylic acids is 2. The van der Waals surface area contributed by atoms with Crippen LogP contribution in [0.1, 0.15) is 31.1 Å². The Bertz CT molecular complexity index is 1650. The van der Waals surface area contributed by atoms with Gasteiger partial charge in [0, 0.05) is 35.4 Å². The molecule has 11 heteroatoms. The van der Waals surface area contributed by atoms with Crippen molar-refractivity contribution in [2.75, 3.05) is 20.8 Å². The van der Waals surface area contributed by atoms with Crippen LogP contribution in [0.4, 0.5) is 5.69 Å². The summed E-state index contributed by atoms with van der Waals surface area (Å²) < 4.78 is 16.6. The lowest BCUT2D eigenvalue weighted by molar-refractivity contribution is -0.384. The molecular weight excluding hydrogens is 528 g/mol. The first-order valence-corrected chi connectivity index (χ1v) is 12.9. The Morgan fingerprint density at radius 1 is 1.15 bits per heavy atom. The van der Waals surface area contributed by atoms with Crippen molar-refractivity contribution >= 4 is 29.3 Å². The van der Waals surface area contributed by atoms with Crippen molar-refractivity contribution in [2.24, 2.45) is 10.9 Å². The van der Waals surface area contributed by atoms with Crippen LogP contribution >= 0.6 is 0 Å². The smallest absolute Gasteiger partial charge is 0.284 e. The van der Waals surface area contributed by atoms with E-state index in [9.17, 15) is 19.7 Å². The maximum absolute atomic E-state index is 13.9. The number of nitro groups is 1. The van der Waals surface area contributed by atoms with E-state index in [0.29, 0.717) is 46.5 Å². The number of rotatable bonds is 8. The number of likely N-dealkylation sites (N-methyl/N-ethyl adjacent to an activating group) is 1. The number of hydrogen-bond donors (Lipinski definition) is 2. The van der Waals surface area contributed by atoms with E-state index in [-0.39, 0.29) is 34.4 Å². The number of nitrogens with one attached hydrogen (secondary N) is 2.